The van der Waals surface area contributed by atoms with Crippen molar-refractivity contribution in [2.24, 2.45) is 17.6 Å². The van der Waals surface area contributed by atoms with Gasteiger partial charge in [0.2, 0.25) is 5.91 Å². The van der Waals surface area contributed by atoms with Crippen molar-refractivity contribution in [3.05, 3.63) is 0 Å². The molecular weight excluding hydrogens is 164 g/mol. The van der Waals surface area contributed by atoms with Gasteiger partial charge >= 0.3 is 0 Å². The van der Waals surface area contributed by atoms with Gasteiger partial charge in [-0.3, -0.25) is 4.79 Å². The zero-order valence-electron chi connectivity index (χ0n) is 8.79. The Bertz CT molecular complexity index is 191. The first-order chi connectivity index (χ1) is 6.02. The van der Waals surface area contributed by atoms with E-state index in [2.05, 4.69) is 6.92 Å². The fourth-order valence-corrected chi connectivity index (χ4v) is 1.46. The fourth-order valence-electron chi connectivity index (χ4n) is 1.46. The second-order valence-corrected chi connectivity index (χ2v) is 4.35. The van der Waals surface area contributed by atoms with Crippen molar-refractivity contribution in [2.75, 3.05) is 13.6 Å². The lowest BCUT2D eigenvalue weighted by Gasteiger charge is -2.18. The van der Waals surface area contributed by atoms with Crippen LogP contribution in [-0.2, 0) is 4.79 Å². The van der Waals surface area contributed by atoms with Crippen molar-refractivity contribution in [3.8, 4) is 0 Å². The first kappa shape index (κ1) is 10.5. The monoisotopic (exact) mass is 184 g/mol. The largest absolute Gasteiger partial charge is 0.345 e. The number of rotatable bonds is 4. The molecule has 3 heteroatoms. The van der Waals surface area contributed by atoms with Crippen LogP contribution in [0.2, 0.25) is 0 Å². The summed E-state index contributed by atoms with van der Waals surface area (Å²) in [5.41, 5.74) is 5.62. The average molecular weight is 184 g/mol. The molecule has 0 aromatic heterocycles. The van der Waals surface area contributed by atoms with Crippen molar-refractivity contribution in [1.82, 2.24) is 4.90 Å². The Kier molecular flexibility index (Phi) is 3.31. The van der Waals surface area contributed by atoms with E-state index in [1.54, 1.807) is 0 Å². The van der Waals surface area contributed by atoms with Crippen LogP contribution in [0.3, 0.4) is 0 Å². The molecule has 76 valence electrons. The van der Waals surface area contributed by atoms with Gasteiger partial charge in [0.25, 0.3) is 0 Å². The van der Waals surface area contributed by atoms with Gasteiger partial charge in [-0.05, 0) is 25.7 Å². The Morgan fingerprint density at radius 3 is 2.62 bits per heavy atom. The SMILES string of the molecule is CC(N)CCN(C)C(=O)C1CC1C. The summed E-state index contributed by atoms with van der Waals surface area (Å²) in [4.78, 5) is 13.4. The Morgan fingerprint density at radius 2 is 2.23 bits per heavy atom. The van der Waals surface area contributed by atoms with Crippen molar-refractivity contribution in [1.29, 1.82) is 0 Å². The summed E-state index contributed by atoms with van der Waals surface area (Å²) in [6, 6.07) is 0.187. The third-order valence-corrected chi connectivity index (χ3v) is 2.72. The molecule has 0 saturated heterocycles. The van der Waals surface area contributed by atoms with Crippen LogP contribution in [0.1, 0.15) is 26.7 Å². The molecule has 13 heavy (non-hydrogen) atoms. The molecule has 1 aliphatic rings. The molecule has 0 heterocycles. The van der Waals surface area contributed by atoms with Crippen LogP contribution in [0.4, 0.5) is 0 Å². The number of hydrogen-bond acceptors (Lipinski definition) is 2. The van der Waals surface area contributed by atoms with E-state index >= 15 is 0 Å². The van der Waals surface area contributed by atoms with Gasteiger partial charge in [0.1, 0.15) is 0 Å². The zero-order chi connectivity index (χ0) is 10.0. The van der Waals surface area contributed by atoms with Crippen LogP contribution in [0, 0.1) is 11.8 Å². The fraction of sp³-hybridized carbons (Fsp3) is 0.900. The van der Waals surface area contributed by atoms with Crippen LogP contribution in [0.5, 0.6) is 0 Å². The minimum atomic E-state index is 0.187. The first-order valence-electron chi connectivity index (χ1n) is 5.03. The maximum Gasteiger partial charge on any atom is 0.225 e. The second kappa shape index (κ2) is 4.09. The average Bonchev–Trinajstić information content (AvgIpc) is 2.77. The van der Waals surface area contributed by atoms with Crippen molar-refractivity contribution in [2.45, 2.75) is 32.7 Å². The molecular formula is C10H20N2O. The van der Waals surface area contributed by atoms with E-state index < -0.39 is 0 Å². The molecule has 0 aromatic rings. The standard InChI is InChI=1S/C10H20N2O/c1-7-6-9(7)10(13)12(3)5-4-8(2)11/h7-9H,4-6,11H2,1-3H3. The minimum absolute atomic E-state index is 0.187. The molecule has 0 bridgehead atoms. The van der Waals surface area contributed by atoms with Crippen LogP contribution in [0.15, 0.2) is 0 Å². The normalized spacial score (nSPS) is 28.3. The van der Waals surface area contributed by atoms with Crippen LogP contribution >= 0.6 is 0 Å². The number of amides is 1. The van der Waals surface area contributed by atoms with Crippen molar-refractivity contribution < 1.29 is 4.79 Å². The van der Waals surface area contributed by atoms with E-state index in [1.165, 1.54) is 0 Å². The third-order valence-electron chi connectivity index (χ3n) is 2.72. The van der Waals surface area contributed by atoms with Crippen LogP contribution < -0.4 is 5.73 Å². The van der Waals surface area contributed by atoms with Gasteiger partial charge in [0, 0.05) is 25.6 Å². The number of hydrogen-bond donors (Lipinski definition) is 1. The van der Waals surface area contributed by atoms with Crippen molar-refractivity contribution in [3.63, 3.8) is 0 Å². The van der Waals surface area contributed by atoms with Crippen molar-refractivity contribution >= 4 is 5.91 Å². The molecule has 0 aromatic carbocycles. The van der Waals surface area contributed by atoms with E-state index in [0.717, 1.165) is 19.4 Å². The lowest BCUT2D eigenvalue weighted by atomic mass is 10.2. The molecule has 3 nitrogen and oxygen atoms in total. The molecule has 1 saturated carbocycles. The van der Waals surface area contributed by atoms with Gasteiger partial charge in [-0.1, -0.05) is 6.92 Å². The molecule has 0 radical (unpaired) electrons. The topological polar surface area (TPSA) is 46.3 Å². The van der Waals surface area contributed by atoms with Gasteiger partial charge < -0.3 is 10.6 Å². The first-order valence-corrected chi connectivity index (χ1v) is 5.03. The van der Waals surface area contributed by atoms with Crippen LogP contribution in [-0.4, -0.2) is 30.4 Å². The van der Waals surface area contributed by atoms with Gasteiger partial charge in [-0.15, -0.1) is 0 Å². The predicted octanol–water partition coefficient (Wildman–Crippen LogP) is 0.838. The number of nitrogens with two attached hydrogens (primary N) is 1. The van der Waals surface area contributed by atoms with E-state index in [4.69, 9.17) is 5.73 Å². The summed E-state index contributed by atoms with van der Waals surface area (Å²) >= 11 is 0. The molecule has 3 atom stereocenters. The molecule has 0 aliphatic heterocycles. The number of carbonyl (C=O) groups is 1. The maximum absolute atomic E-state index is 11.6. The van der Waals surface area contributed by atoms with E-state index in [9.17, 15) is 4.79 Å². The Labute approximate surface area is 80.3 Å². The Morgan fingerprint density at radius 1 is 1.69 bits per heavy atom. The predicted molar refractivity (Wildman–Crippen MR) is 53.2 cm³/mol. The summed E-state index contributed by atoms with van der Waals surface area (Å²) in [6.45, 7) is 4.89. The van der Waals surface area contributed by atoms with Gasteiger partial charge in [-0.25, -0.2) is 0 Å². The summed E-state index contributed by atoms with van der Waals surface area (Å²) < 4.78 is 0. The summed E-state index contributed by atoms with van der Waals surface area (Å²) in [5.74, 6) is 1.21. The molecule has 2 N–H and O–H groups in total. The molecule has 0 spiro atoms. The van der Waals surface area contributed by atoms with Gasteiger partial charge in [0.05, 0.1) is 0 Å². The Hall–Kier alpha value is -0.570. The minimum Gasteiger partial charge on any atom is -0.345 e. The maximum atomic E-state index is 11.6. The smallest absolute Gasteiger partial charge is 0.225 e. The molecule has 1 fully saturated rings. The summed E-state index contributed by atoms with van der Waals surface area (Å²) in [6.07, 6.45) is 1.96. The third kappa shape index (κ3) is 2.99. The second-order valence-electron chi connectivity index (χ2n) is 4.35. The highest BCUT2D eigenvalue weighted by Gasteiger charge is 2.40. The van der Waals surface area contributed by atoms with Crippen LogP contribution in [0.25, 0.3) is 0 Å². The highest BCUT2D eigenvalue weighted by atomic mass is 16.2. The number of nitrogens with zero attached hydrogens (tertiary/aromatic N) is 1. The zero-order valence-corrected chi connectivity index (χ0v) is 8.79. The molecule has 3 unspecified atom stereocenters. The van der Waals surface area contributed by atoms with E-state index in [0.29, 0.717) is 17.7 Å². The highest BCUT2D eigenvalue weighted by Crippen LogP contribution is 2.38. The molecule has 1 amide bonds. The molecule has 1 rings (SSSR count). The van der Waals surface area contributed by atoms with Gasteiger partial charge in [-0.2, -0.15) is 0 Å². The summed E-state index contributed by atoms with van der Waals surface area (Å²) in [5, 5.41) is 0. The van der Waals surface area contributed by atoms with E-state index in [1.807, 2.05) is 18.9 Å². The Balaban J connectivity index is 2.23. The summed E-state index contributed by atoms with van der Waals surface area (Å²) in [7, 11) is 1.87. The van der Waals surface area contributed by atoms with E-state index in [-0.39, 0.29) is 6.04 Å². The lowest BCUT2D eigenvalue weighted by molar-refractivity contribution is -0.131. The highest BCUT2D eigenvalue weighted by molar-refractivity contribution is 5.81. The quantitative estimate of drug-likeness (QED) is 0.703. The number of carbonyl (C=O) groups excluding carboxylic acids is 1. The van der Waals surface area contributed by atoms with Gasteiger partial charge in [0.15, 0.2) is 0 Å². The lowest BCUT2D eigenvalue weighted by Crippen LogP contribution is -2.32. The molecule has 1 aliphatic carbocycles.